The maximum absolute atomic E-state index is 13.5. The van der Waals surface area contributed by atoms with Crippen LogP contribution >= 0.6 is 12.2 Å². The number of nitrogens with one attached hydrogen (secondary N) is 1. The summed E-state index contributed by atoms with van der Waals surface area (Å²) >= 11 is 5.29. The molecule has 11 heteroatoms. The highest BCUT2D eigenvalue weighted by Gasteiger charge is 2.35. The Hall–Kier alpha value is -5.03. The number of aryl methyl sites for hydroxylation is 1. The molecule has 3 aromatic carbocycles. The number of nitrogens with zero attached hydrogens (tertiary/aromatic N) is 3. The van der Waals surface area contributed by atoms with Crippen molar-refractivity contribution in [1.29, 1.82) is 0 Å². The van der Waals surface area contributed by atoms with Gasteiger partial charge in [0.05, 0.1) is 28.6 Å². The lowest BCUT2D eigenvalue weighted by atomic mass is 10.0. The van der Waals surface area contributed by atoms with Crippen LogP contribution in [-0.4, -0.2) is 33.5 Å². The van der Waals surface area contributed by atoms with E-state index in [0.717, 1.165) is 0 Å². The van der Waals surface area contributed by atoms with E-state index in [9.17, 15) is 19.7 Å². The molecule has 10 nitrogen and oxygen atoms in total. The molecule has 0 unspecified atom stereocenters. The number of nitro benzene ring substituents is 1. The van der Waals surface area contributed by atoms with E-state index in [2.05, 4.69) is 5.32 Å². The number of methoxy groups -OCH3 is 1. The molecule has 0 atom stereocenters. The number of fused-ring (bicyclic) bond motifs is 1. The summed E-state index contributed by atoms with van der Waals surface area (Å²) in [5.74, 6) is -0.107. The number of hydrogen-bond donors (Lipinski definition) is 1. The second-order valence-electron chi connectivity index (χ2n) is 8.33. The van der Waals surface area contributed by atoms with Gasteiger partial charge in [-0.25, -0.2) is 0 Å². The van der Waals surface area contributed by atoms with Crippen LogP contribution in [0.4, 0.5) is 11.4 Å². The Morgan fingerprint density at radius 1 is 1.00 bits per heavy atom. The number of anilines is 1. The average Bonchev–Trinajstić information content (AvgIpc) is 3.22. The maximum Gasteiger partial charge on any atom is 0.320 e. The third-order valence-corrected chi connectivity index (χ3v) is 6.28. The molecule has 1 saturated heterocycles. The van der Waals surface area contributed by atoms with Crippen LogP contribution in [0, 0.1) is 10.1 Å². The first kappa shape index (κ1) is 24.7. The minimum Gasteiger partial charge on any atom is -0.490 e. The largest absolute Gasteiger partial charge is 0.490 e. The van der Waals surface area contributed by atoms with Crippen LogP contribution in [0.15, 0.2) is 78.5 Å². The molecule has 2 amide bonds. The third kappa shape index (κ3) is 4.35. The molecule has 0 aliphatic carbocycles. The lowest BCUT2D eigenvalue weighted by molar-refractivity contribution is -0.383. The van der Waals surface area contributed by atoms with Gasteiger partial charge in [0.1, 0.15) is 17.1 Å². The first-order valence-electron chi connectivity index (χ1n) is 11.3. The van der Waals surface area contributed by atoms with E-state index in [1.807, 2.05) is 30.3 Å². The highest BCUT2D eigenvalue weighted by molar-refractivity contribution is 7.80. The van der Waals surface area contributed by atoms with Gasteiger partial charge in [0, 0.05) is 18.8 Å². The van der Waals surface area contributed by atoms with Crippen LogP contribution < -0.4 is 19.7 Å². The molecule has 0 radical (unpaired) electrons. The molecule has 1 N–H and O–H groups in total. The van der Waals surface area contributed by atoms with Crippen molar-refractivity contribution in [2.24, 2.45) is 7.05 Å². The quantitative estimate of drug-likeness (QED) is 0.127. The van der Waals surface area contributed by atoms with Gasteiger partial charge in [-0.1, -0.05) is 18.2 Å². The van der Waals surface area contributed by atoms with Gasteiger partial charge in [-0.2, -0.15) is 0 Å². The average molecular weight is 529 g/mol. The van der Waals surface area contributed by atoms with E-state index in [1.54, 1.807) is 48.1 Å². The van der Waals surface area contributed by atoms with Crippen LogP contribution in [0.1, 0.15) is 5.56 Å². The number of aromatic nitrogens is 1. The molecule has 2 heterocycles. The second kappa shape index (κ2) is 9.79. The molecule has 38 heavy (non-hydrogen) atoms. The summed E-state index contributed by atoms with van der Waals surface area (Å²) in [6, 6.07) is 19.0. The van der Waals surface area contributed by atoms with Crippen molar-refractivity contribution in [3.8, 4) is 17.2 Å². The fourth-order valence-corrected chi connectivity index (χ4v) is 4.55. The number of nitro groups is 1. The smallest absolute Gasteiger partial charge is 0.320 e. The zero-order valence-electron chi connectivity index (χ0n) is 20.2. The van der Waals surface area contributed by atoms with E-state index in [-0.39, 0.29) is 27.5 Å². The van der Waals surface area contributed by atoms with Crippen LogP contribution in [0.25, 0.3) is 17.0 Å². The molecular formula is C27H20N4O6S. The fraction of sp³-hybridized carbons (Fsp3) is 0.0741. The molecule has 0 bridgehead atoms. The number of rotatable bonds is 6. The van der Waals surface area contributed by atoms with Gasteiger partial charge in [0.15, 0.2) is 10.9 Å². The van der Waals surface area contributed by atoms with Gasteiger partial charge < -0.3 is 14.0 Å². The Morgan fingerprint density at radius 2 is 1.68 bits per heavy atom. The van der Waals surface area contributed by atoms with Crippen LogP contribution in [0.3, 0.4) is 0 Å². The summed E-state index contributed by atoms with van der Waals surface area (Å²) in [5, 5.41) is 14.6. The van der Waals surface area contributed by atoms with E-state index in [0.29, 0.717) is 28.3 Å². The summed E-state index contributed by atoms with van der Waals surface area (Å²) in [5.41, 5.74) is 0.771. The first-order chi connectivity index (χ1) is 18.3. The molecule has 0 spiro atoms. The molecule has 4 aromatic rings. The van der Waals surface area contributed by atoms with Crippen molar-refractivity contribution in [3.63, 3.8) is 0 Å². The highest BCUT2D eigenvalue weighted by Crippen LogP contribution is 2.39. The first-order valence-corrected chi connectivity index (χ1v) is 11.7. The lowest BCUT2D eigenvalue weighted by Crippen LogP contribution is -2.54. The molecular weight excluding hydrogens is 508 g/mol. The van der Waals surface area contributed by atoms with Gasteiger partial charge in [-0.15, -0.1) is 0 Å². The predicted octanol–water partition coefficient (Wildman–Crippen LogP) is 4.72. The number of thiocarbonyl (C=S) groups is 1. The normalized spacial score (nSPS) is 14.6. The number of benzene rings is 3. The Labute approximate surface area is 221 Å². The molecule has 0 saturated carbocycles. The fourth-order valence-electron chi connectivity index (χ4n) is 4.27. The maximum atomic E-state index is 13.5. The lowest BCUT2D eigenvalue weighted by Gasteiger charge is -2.29. The van der Waals surface area contributed by atoms with Crippen molar-refractivity contribution < 1.29 is 24.0 Å². The SMILES string of the molecule is COc1ccc2c(c(/C=C3\C(=O)NC(=S)N(c4ccc(Oc5ccccc5)cc4)C3=O)cn2C)c1[N+](=O)[O-]. The molecule has 1 aliphatic rings. The summed E-state index contributed by atoms with van der Waals surface area (Å²) < 4.78 is 12.7. The Morgan fingerprint density at radius 3 is 2.34 bits per heavy atom. The van der Waals surface area contributed by atoms with Crippen molar-refractivity contribution in [1.82, 2.24) is 9.88 Å². The van der Waals surface area contributed by atoms with Crippen molar-refractivity contribution >= 4 is 57.5 Å². The molecule has 1 fully saturated rings. The zero-order chi connectivity index (χ0) is 27.0. The predicted molar refractivity (Wildman–Crippen MR) is 145 cm³/mol. The van der Waals surface area contributed by atoms with E-state index in [1.165, 1.54) is 24.2 Å². The monoisotopic (exact) mass is 528 g/mol. The Balaban J connectivity index is 1.53. The number of hydrogen-bond acceptors (Lipinski definition) is 7. The molecule has 1 aliphatic heterocycles. The van der Waals surface area contributed by atoms with Crippen molar-refractivity contribution in [2.45, 2.75) is 0 Å². The van der Waals surface area contributed by atoms with Crippen molar-refractivity contribution in [3.05, 3.63) is 94.2 Å². The van der Waals surface area contributed by atoms with Gasteiger partial charge >= 0.3 is 5.69 Å². The molecule has 5 rings (SSSR count). The van der Waals surface area contributed by atoms with Gasteiger partial charge in [-0.05, 0) is 66.8 Å². The summed E-state index contributed by atoms with van der Waals surface area (Å²) in [6.45, 7) is 0. The minimum atomic E-state index is -0.706. The summed E-state index contributed by atoms with van der Waals surface area (Å²) in [7, 11) is 3.05. The Kier molecular flexibility index (Phi) is 6.35. The number of carbonyl (C=O) groups is 2. The Bertz CT molecular complexity index is 1640. The van der Waals surface area contributed by atoms with E-state index in [4.69, 9.17) is 21.7 Å². The van der Waals surface area contributed by atoms with Gasteiger partial charge in [-0.3, -0.25) is 29.9 Å². The van der Waals surface area contributed by atoms with Crippen LogP contribution in [0.5, 0.6) is 17.2 Å². The minimum absolute atomic E-state index is 0.0633. The zero-order valence-corrected chi connectivity index (χ0v) is 21.0. The number of para-hydroxylation sites is 1. The number of carbonyl (C=O) groups excluding carboxylic acids is 2. The van der Waals surface area contributed by atoms with Gasteiger partial charge in [0.25, 0.3) is 11.8 Å². The molecule has 190 valence electrons. The highest BCUT2D eigenvalue weighted by atomic mass is 32.1. The van der Waals surface area contributed by atoms with Crippen LogP contribution in [0.2, 0.25) is 0 Å². The summed E-state index contributed by atoms with van der Waals surface area (Å²) in [6.07, 6.45) is 2.94. The second-order valence-corrected chi connectivity index (χ2v) is 8.72. The number of ether oxygens (including phenoxy) is 2. The standard InChI is InChI=1S/C27H20N4O6S/c1-29-15-16(23-21(29)12-13-22(36-2)24(23)31(34)35)14-20-25(32)28-27(38)30(26(20)33)17-8-10-19(11-9-17)37-18-6-4-3-5-7-18/h3-15H,1-2H3,(H,28,32,38)/b20-14+. The van der Waals surface area contributed by atoms with Crippen LogP contribution in [-0.2, 0) is 16.6 Å². The van der Waals surface area contributed by atoms with Gasteiger partial charge in [0.2, 0.25) is 0 Å². The third-order valence-electron chi connectivity index (χ3n) is 6.00. The van der Waals surface area contributed by atoms with E-state index < -0.39 is 16.7 Å². The number of amides is 2. The molecule has 1 aromatic heterocycles. The van der Waals surface area contributed by atoms with E-state index >= 15 is 0 Å². The van der Waals surface area contributed by atoms with Crippen molar-refractivity contribution in [2.75, 3.05) is 12.0 Å². The topological polar surface area (TPSA) is 116 Å². The summed E-state index contributed by atoms with van der Waals surface area (Å²) in [4.78, 5) is 38.9.